The molecule has 1 aliphatic rings. The summed E-state index contributed by atoms with van der Waals surface area (Å²) in [6, 6.07) is 3.81. The Kier molecular flexibility index (Phi) is 3.92. The van der Waals surface area contributed by atoms with E-state index in [1.54, 1.807) is 10.7 Å². The molecule has 2 aromatic rings. The van der Waals surface area contributed by atoms with E-state index in [0.29, 0.717) is 5.56 Å². The van der Waals surface area contributed by atoms with E-state index >= 15 is 0 Å². The highest BCUT2D eigenvalue weighted by atomic mass is 16.5. The van der Waals surface area contributed by atoms with Gasteiger partial charge in [0, 0.05) is 18.8 Å². The summed E-state index contributed by atoms with van der Waals surface area (Å²) in [5.41, 5.74) is 1.50. The molecule has 1 aliphatic heterocycles. The van der Waals surface area contributed by atoms with Gasteiger partial charge in [0.25, 0.3) is 0 Å². The van der Waals surface area contributed by atoms with Crippen molar-refractivity contribution in [3.63, 3.8) is 0 Å². The van der Waals surface area contributed by atoms with E-state index in [0.717, 1.165) is 37.3 Å². The van der Waals surface area contributed by atoms with Crippen LogP contribution < -0.4 is 4.74 Å². The van der Waals surface area contributed by atoms with Crippen molar-refractivity contribution in [2.24, 2.45) is 5.92 Å². The van der Waals surface area contributed by atoms with Crippen molar-refractivity contribution in [3.05, 3.63) is 30.1 Å². The van der Waals surface area contributed by atoms with Crippen LogP contribution in [-0.2, 0) is 4.74 Å². The molecule has 0 aromatic carbocycles. The molecule has 0 atom stereocenters. The fourth-order valence-corrected chi connectivity index (χ4v) is 2.52. The number of rotatable bonds is 4. The Hall–Kier alpha value is -1.88. The quantitative estimate of drug-likeness (QED) is 0.812. The van der Waals surface area contributed by atoms with E-state index in [4.69, 9.17) is 9.47 Å². The molecular formula is C16H20N2O3. The van der Waals surface area contributed by atoms with Crippen molar-refractivity contribution in [2.75, 3.05) is 13.2 Å². The molecule has 3 heterocycles. The van der Waals surface area contributed by atoms with Gasteiger partial charge in [0.1, 0.15) is 11.9 Å². The van der Waals surface area contributed by atoms with Crippen LogP contribution in [0.3, 0.4) is 0 Å². The zero-order valence-corrected chi connectivity index (χ0v) is 12.4. The summed E-state index contributed by atoms with van der Waals surface area (Å²) in [7, 11) is 0. The molecule has 2 aromatic heterocycles. The van der Waals surface area contributed by atoms with Crippen LogP contribution >= 0.6 is 0 Å². The van der Waals surface area contributed by atoms with Gasteiger partial charge in [-0.15, -0.1) is 0 Å². The molecule has 112 valence electrons. The number of fused-ring (bicyclic) bond motifs is 1. The van der Waals surface area contributed by atoms with Gasteiger partial charge in [-0.1, -0.05) is 13.8 Å². The van der Waals surface area contributed by atoms with Crippen molar-refractivity contribution < 1.29 is 14.3 Å². The maximum atomic E-state index is 12.1. The zero-order chi connectivity index (χ0) is 14.8. The lowest BCUT2D eigenvalue weighted by Gasteiger charge is -2.23. The van der Waals surface area contributed by atoms with Crippen LogP contribution in [0.1, 0.15) is 37.0 Å². The van der Waals surface area contributed by atoms with Gasteiger partial charge in [-0.2, -0.15) is 5.10 Å². The third-order valence-electron chi connectivity index (χ3n) is 3.75. The normalized spacial score (nSPS) is 16.5. The first-order valence-corrected chi connectivity index (χ1v) is 7.41. The number of aromatic nitrogens is 2. The first-order valence-electron chi connectivity index (χ1n) is 7.41. The SMILES string of the molecule is CC(C)C(=O)c1cnn2cc(OC3CCOCC3)ccc12. The van der Waals surface area contributed by atoms with Gasteiger partial charge in [-0.25, -0.2) is 4.52 Å². The number of hydrogen-bond donors (Lipinski definition) is 0. The number of carbonyl (C=O) groups excluding carboxylic acids is 1. The minimum atomic E-state index is -0.0313. The predicted octanol–water partition coefficient (Wildman–Crippen LogP) is 2.73. The van der Waals surface area contributed by atoms with Crippen molar-refractivity contribution in [2.45, 2.75) is 32.8 Å². The van der Waals surface area contributed by atoms with E-state index < -0.39 is 0 Å². The lowest BCUT2D eigenvalue weighted by molar-refractivity contribution is 0.0254. The topological polar surface area (TPSA) is 52.8 Å². The van der Waals surface area contributed by atoms with E-state index in [2.05, 4.69) is 5.10 Å². The Balaban J connectivity index is 1.82. The number of ether oxygens (including phenoxy) is 2. The lowest BCUT2D eigenvalue weighted by Crippen LogP contribution is -2.25. The number of nitrogens with zero attached hydrogens (tertiary/aromatic N) is 2. The summed E-state index contributed by atoms with van der Waals surface area (Å²) in [5, 5.41) is 4.27. The van der Waals surface area contributed by atoms with Crippen molar-refractivity contribution >= 4 is 11.3 Å². The van der Waals surface area contributed by atoms with E-state index in [1.165, 1.54) is 0 Å². The largest absolute Gasteiger partial charge is 0.489 e. The average Bonchev–Trinajstić information content (AvgIpc) is 2.90. The number of pyridine rings is 1. The number of hydrogen-bond acceptors (Lipinski definition) is 4. The molecule has 0 saturated carbocycles. The second-order valence-corrected chi connectivity index (χ2v) is 5.70. The minimum absolute atomic E-state index is 0.0313. The molecule has 0 unspecified atom stereocenters. The standard InChI is InChI=1S/C16H20N2O3/c1-11(2)16(19)14-9-17-18-10-13(3-4-15(14)18)21-12-5-7-20-8-6-12/h3-4,9-12H,5-8H2,1-2H3. The number of Topliss-reactive ketones (excluding diaryl/α,β-unsaturated/α-hetero) is 1. The molecule has 21 heavy (non-hydrogen) atoms. The van der Waals surface area contributed by atoms with Crippen molar-refractivity contribution in [1.82, 2.24) is 9.61 Å². The van der Waals surface area contributed by atoms with Gasteiger partial charge < -0.3 is 9.47 Å². The summed E-state index contributed by atoms with van der Waals surface area (Å²) in [5.74, 6) is 0.861. The summed E-state index contributed by atoms with van der Waals surface area (Å²) in [6.07, 6.45) is 5.49. The highest BCUT2D eigenvalue weighted by Crippen LogP contribution is 2.21. The second kappa shape index (κ2) is 5.85. The molecule has 0 amide bonds. The molecule has 5 heteroatoms. The molecular weight excluding hydrogens is 268 g/mol. The molecule has 0 N–H and O–H groups in total. The van der Waals surface area contributed by atoms with Crippen LogP contribution in [0.5, 0.6) is 5.75 Å². The van der Waals surface area contributed by atoms with E-state index in [-0.39, 0.29) is 17.8 Å². The maximum absolute atomic E-state index is 12.1. The molecule has 3 rings (SSSR count). The molecule has 0 bridgehead atoms. The first kappa shape index (κ1) is 14.1. The maximum Gasteiger partial charge on any atom is 0.169 e. The minimum Gasteiger partial charge on any atom is -0.489 e. The Morgan fingerprint density at radius 2 is 2.14 bits per heavy atom. The first-order chi connectivity index (χ1) is 10.1. The second-order valence-electron chi connectivity index (χ2n) is 5.70. The summed E-state index contributed by atoms with van der Waals surface area (Å²) < 4.78 is 13.0. The predicted molar refractivity (Wildman–Crippen MR) is 78.8 cm³/mol. The van der Waals surface area contributed by atoms with Crippen molar-refractivity contribution in [3.8, 4) is 5.75 Å². The molecule has 1 saturated heterocycles. The summed E-state index contributed by atoms with van der Waals surface area (Å²) >= 11 is 0. The van der Waals surface area contributed by atoms with Gasteiger partial charge in [-0.05, 0) is 12.1 Å². The molecule has 0 spiro atoms. The van der Waals surface area contributed by atoms with Gasteiger partial charge in [-0.3, -0.25) is 4.79 Å². The van der Waals surface area contributed by atoms with Crippen molar-refractivity contribution in [1.29, 1.82) is 0 Å². The van der Waals surface area contributed by atoms with Gasteiger partial charge in [0.2, 0.25) is 0 Å². The highest BCUT2D eigenvalue weighted by Gasteiger charge is 2.18. The number of carbonyl (C=O) groups is 1. The monoisotopic (exact) mass is 288 g/mol. The highest BCUT2D eigenvalue weighted by molar-refractivity contribution is 6.03. The van der Waals surface area contributed by atoms with Crippen LogP contribution in [0.4, 0.5) is 0 Å². The molecule has 5 nitrogen and oxygen atoms in total. The fraction of sp³-hybridized carbons (Fsp3) is 0.500. The fourth-order valence-electron chi connectivity index (χ4n) is 2.52. The number of ketones is 1. The third-order valence-corrected chi connectivity index (χ3v) is 3.75. The van der Waals surface area contributed by atoms with Gasteiger partial charge in [0.05, 0.1) is 36.7 Å². The Morgan fingerprint density at radius 1 is 1.38 bits per heavy atom. The Morgan fingerprint density at radius 3 is 2.86 bits per heavy atom. The van der Waals surface area contributed by atoms with Gasteiger partial charge >= 0.3 is 0 Å². The summed E-state index contributed by atoms with van der Waals surface area (Å²) in [4.78, 5) is 12.1. The zero-order valence-electron chi connectivity index (χ0n) is 12.4. The van der Waals surface area contributed by atoms with Crippen LogP contribution in [-0.4, -0.2) is 34.7 Å². The van der Waals surface area contributed by atoms with E-state index in [1.807, 2.05) is 32.2 Å². The van der Waals surface area contributed by atoms with Crippen LogP contribution in [0.15, 0.2) is 24.5 Å². The smallest absolute Gasteiger partial charge is 0.169 e. The molecule has 1 fully saturated rings. The van der Waals surface area contributed by atoms with E-state index in [9.17, 15) is 4.79 Å². The molecule has 0 aliphatic carbocycles. The summed E-state index contributed by atoms with van der Waals surface area (Å²) in [6.45, 7) is 5.30. The molecule has 0 radical (unpaired) electrons. The lowest BCUT2D eigenvalue weighted by atomic mass is 10.0. The Labute approximate surface area is 123 Å². The Bertz CT molecular complexity index is 642. The van der Waals surface area contributed by atoms with Crippen LogP contribution in [0, 0.1) is 5.92 Å². The third kappa shape index (κ3) is 2.93. The van der Waals surface area contributed by atoms with Crippen LogP contribution in [0.25, 0.3) is 5.52 Å². The van der Waals surface area contributed by atoms with Gasteiger partial charge in [0.15, 0.2) is 5.78 Å². The van der Waals surface area contributed by atoms with Crippen LogP contribution in [0.2, 0.25) is 0 Å². The average molecular weight is 288 g/mol.